The molecular weight excluding hydrogens is 345 g/mol. The van der Waals surface area contributed by atoms with Gasteiger partial charge in [-0.15, -0.1) is 0 Å². The van der Waals surface area contributed by atoms with Crippen LogP contribution >= 0.6 is 0 Å². The van der Waals surface area contributed by atoms with Gasteiger partial charge < -0.3 is 4.18 Å². The first-order valence-corrected chi connectivity index (χ1v) is 9.65. The van der Waals surface area contributed by atoms with Crippen molar-refractivity contribution in [3.8, 4) is 5.75 Å². The Morgan fingerprint density at radius 3 is 2.13 bits per heavy atom. The van der Waals surface area contributed by atoms with Crippen molar-refractivity contribution in [2.24, 2.45) is 0 Å². The molecule has 9 heteroatoms. The van der Waals surface area contributed by atoms with Crippen LogP contribution in [0.2, 0.25) is 0 Å². The van der Waals surface area contributed by atoms with E-state index < -0.39 is 31.7 Å². The van der Waals surface area contributed by atoms with Crippen molar-refractivity contribution in [1.29, 1.82) is 0 Å². The molecule has 0 heterocycles. The number of benzene rings is 2. The Bertz CT molecular complexity index is 922. The molecule has 124 valence electrons. The van der Waals surface area contributed by atoms with Crippen molar-refractivity contribution in [3.05, 3.63) is 53.8 Å². The molecule has 0 aliphatic carbocycles. The highest BCUT2D eigenvalue weighted by Crippen LogP contribution is 2.25. The fraction of sp³-hybridized carbons (Fsp3) is 0.143. The molecule has 0 radical (unpaired) electrons. The third-order valence-corrected chi connectivity index (χ3v) is 4.60. The van der Waals surface area contributed by atoms with E-state index in [9.17, 15) is 21.2 Å². The molecule has 0 bridgehead atoms. The third-order valence-electron chi connectivity index (χ3n) is 2.74. The summed E-state index contributed by atoms with van der Waals surface area (Å²) < 4.78 is 67.1. The van der Waals surface area contributed by atoms with Crippen LogP contribution in [0.4, 0.5) is 10.1 Å². The highest BCUT2D eigenvalue weighted by molar-refractivity contribution is 7.92. The Labute approximate surface area is 134 Å². The molecule has 2 rings (SSSR count). The minimum absolute atomic E-state index is 0.0370. The quantitative estimate of drug-likeness (QED) is 0.827. The average molecular weight is 359 g/mol. The van der Waals surface area contributed by atoms with Gasteiger partial charge in [0.05, 0.1) is 11.9 Å². The number of sulfonamides is 1. The summed E-state index contributed by atoms with van der Waals surface area (Å²) in [7, 11) is -7.74. The van der Waals surface area contributed by atoms with Gasteiger partial charge >= 0.3 is 10.1 Å². The molecule has 0 aliphatic rings. The molecule has 0 aromatic heterocycles. The second-order valence-electron chi connectivity index (χ2n) is 4.87. The number of aryl methyl sites for hydroxylation is 1. The second-order valence-corrected chi connectivity index (χ2v) is 8.16. The second kappa shape index (κ2) is 6.17. The molecule has 0 fully saturated rings. The van der Waals surface area contributed by atoms with Crippen LogP contribution < -0.4 is 8.91 Å². The molecule has 23 heavy (non-hydrogen) atoms. The van der Waals surface area contributed by atoms with E-state index in [1.54, 1.807) is 19.1 Å². The minimum atomic E-state index is -4.18. The number of nitrogens with one attached hydrogen (secondary N) is 1. The SMILES string of the molecule is Cc1ccc(S(=O)(=O)Oc2ccc(NS(C)(=O)=O)cc2F)cc1. The fourth-order valence-electron chi connectivity index (χ4n) is 1.72. The lowest BCUT2D eigenvalue weighted by molar-refractivity contribution is 0.461. The minimum Gasteiger partial charge on any atom is -0.376 e. The summed E-state index contributed by atoms with van der Waals surface area (Å²) in [5, 5.41) is 0. The summed E-state index contributed by atoms with van der Waals surface area (Å²) in [6.07, 6.45) is 0.914. The van der Waals surface area contributed by atoms with Crippen molar-refractivity contribution in [2.75, 3.05) is 11.0 Å². The van der Waals surface area contributed by atoms with Crippen molar-refractivity contribution < 1.29 is 25.4 Å². The Morgan fingerprint density at radius 2 is 1.61 bits per heavy atom. The topological polar surface area (TPSA) is 89.5 Å². The van der Waals surface area contributed by atoms with E-state index in [2.05, 4.69) is 4.72 Å². The highest BCUT2D eigenvalue weighted by atomic mass is 32.2. The van der Waals surface area contributed by atoms with E-state index in [-0.39, 0.29) is 10.6 Å². The van der Waals surface area contributed by atoms with Gasteiger partial charge in [0.2, 0.25) is 10.0 Å². The summed E-state index contributed by atoms with van der Waals surface area (Å²) in [6.45, 7) is 1.80. The molecule has 1 N–H and O–H groups in total. The Hall–Kier alpha value is -2.13. The number of rotatable bonds is 5. The van der Waals surface area contributed by atoms with E-state index in [1.807, 2.05) is 0 Å². The van der Waals surface area contributed by atoms with Gasteiger partial charge in [0.25, 0.3) is 0 Å². The van der Waals surface area contributed by atoms with Crippen LogP contribution in [-0.4, -0.2) is 23.1 Å². The molecule has 6 nitrogen and oxygen atoms in total. The predicted molar refractivity (Wildman–Crippen MR) is 83.9 cm³/mol. The first-order chi connectivity index (χ1) is 10.6. The largest absolute Gasteiger partial charge is 0.376 e. The smallest absolute Gasteiger partial charge is 0.339 e. The maximum absolute atomic E-state index is 13.9. The molecule has 0 atom stereocenters. The van der Waals surface area contributed by atoms with E-state index in [0.717, 1.165) is 24.0 Å². The number of hydrogen-bond acceptors (Lipinski definition) is 5. The first-order valence-electron chi connectivity index (χ1n) is 6.35. The normalized spacial score (nSPS) is 12.0. The molecule has 2 aromatic rings. The monoisotopic (exact) mass is 359 g/mol. The summed E-state index contributed by atoms with van der Waals surface area (Å²) in [5.74, 6) is -1.53. The van der Waals surface area contributed by atoms with Crippen LogP contribution in [0.3, 0.4) is 0 Å². The fourth-order valence-corrected chi connectivity index (χ4v) is 3.21. The molecule has 0 spiro atoms. The zero-order valence-electron chi connectivity index (χ0n) is 12.3. The zero-order valence-corrected chi connectivity index (χ0v) is 13.9. The molecule has 0 saturated heterocycles. The lowest BCUT2D eigenvalue weighted by Crippen LogP contribution is -2.12. The lowest BCUT2D eigenvalue weighted by atomic mass is 10.2. The lowest BCUT2D eigenvalue weighted by Gasteiger charge is -2.10. The molecule has 0 amide bonds. The molecule has 0 unspecified atom stereocenters. The van der Waals surface area contributed by atoms with Crippen LogP contribution in [0, 0.1) is 12.7 Å². The van der Waals surface area contributed by atoms with Gasteiger partial charge in [-0.3, -0.25) is 4.72 Å². The van der Waals surface area contributed by atoms with Gasteiger partial charge in [0.1, 0.15) is 4.90 Å². The average Bonchev–Trinajstić information content (AvgIpc) is 2.40. The molecule has 0 saturated carbocycles. The Kier molecular flexibility index (Phi) is 4.62. The van der Waals surface area contributed by atoms with Gasteiger partial charge in [-0.2, -0.15) is 8.42 Å². The van der Waals surface area contributed by atoms with Crippen molar-refractivity contribution in [1.82, 2.24) is 0 Å². The summed E-state index contributed by atoms with van der Waals surface area (Å²) >= 11 is 0. The maximum atomic E-state index is 13.9. The number of anilines is 1. The van der Waals surface area contributed by atoms with Crippen molar-refractivity contribution in [3.63, 3.8) is 0 Å². The van der Waals surface area contributed by atoms with Crippen LogP contribution in [0.1, 0.15) is 5.56 Å². The summed E-state index contributed by atoms with van der Waals surface area (Å²) in [6, 6.07) is 8.95. The van der Waals surface area contributed by atoms with Gasteiger partial charge in [-0.25, -0.2) is 12.8 Å². The van der Waals surface area contributed by atoms with Crippen molar-refractivity contribution >= 4 is 25.8 Å². The molecular formula is C14H14FNO5S2. The van der Waals surface area contributed by atoms with Crippen LogP contribution in [0.15, 0.2) is 47.4 Å². The van der Waals surface area contributed by atoms with Gasteiger partial charge in [0, 0.05) is 6.07 Å². The van der Waals surface area contributed by atoms with E-state index in [1.165, 1.54) is 18.2 Å². The van der Waals surface area contributed by atoms with Crippen LogP contribution in [0.5, 0.6) is 5.75 Å². The highest BCUT2D eigenvalue weighted by Gasteiger charge is 2.19. The molecule has 0 aliphatic heterocycles. The van der Waals surface area contributed by atoms with Gasteiger partial charge in [-0.1, -0.05) is 17.7 Å². The third kappa shape index (κ3) is 4.67. The summed E-state index contributed by atoms with van der Waals surface area (Å²) in [4.78, 5) is -0.110. The van der Waals surface area contributed by atoms with Crippen molar-refractivity contribution in [2.45, 2.75) is 11.8 Å². The molecule has 2 aromatic carbocycles. The first kappa shape index (κ1) is 17.2. The van der Waals surface area contributed by atoms with E-state index >= 15 is 0 Å². The number of hydrogen-bond donors (Lipinski definition) is 1. The Balaban J connectivity index is 2.28. The Morgan fingerprint density at radius 1 is 1.00 bits per heavy atom. The van der Waals surface area contributed by atoms with E-state index in [4.69, 9.17) is 4.18 Å². The van der Waals surface area contributed by atoms with Crippen LogP contribution in [0.25, 0.3) is 0 Å². The standard InChI is InChI=1S/C14H14FNO5S2/c1-10-3-6-12(7-4-10)23(19,20)21-14-8-5-11(9-13(14)15)16-22(2,17)18/h3-9,16H,1-2H3. The number of halogens is 1. The van der Waals surface area contributed by atoms with E-state index in [0.29, 0.717) is 0 Å². The zero-order chi connectivity index (χ0) is 17.3. The predicted octanol–water partition coefficient (Wildman–Crippen LogP) is 2.27. The summed E-state index contributed by atoms with van der Waals surface area (Å²) in [5.41, 5.74) is 0.830. The van der Waals surface area contributed by atoms with Gasteiger partial charge in [-0.05, 0) is 31.2 Å². The van der Waals surface area contributed by atoms with Crippen LogP contribution in [-0.2, 0) is 20.1 Å². The maximum Gasteiger partial charge on any atom is 0.339 e. The van der Waals surface area contributed by atoms with Gasteiger partial charge in [0.15, 0.2) is 11.6 Å².